The van der Waals surface area contributed by atoms with Gasteiger partial charge in [0.2, 0.25) is 0 Å². The Hall–Kier alpha value is -1.03. The molecule has 0 aliphatic heterocycles. The molecule has 2 atom stereocenters. The van der Waals surface area contributed by atoms with Gasteiger partial charge < -0.3 is 5.32 Å². The van der Waals surface area contributed by atoms with E-state index in [9.17, 15) is 4.79 Å². The summed E-state index contributed by atoms with van der Waals surface area (Å²) in [6, 6.07) is 0. The highest BCUT2D eigenvalue weighted by atomic mass is 35.5. The van der Waals surface area contributed by atoms with Gasteiger partial charge in [0, 0.05) is 13.1 Å². The van der Waals surface area contributed by atoms with Gasteiger partial charge in [-0.3, -0.25) is 4.79 Å². The van der Waals surface area contributed by atoms with Crippen molar-refractivity contribution in [1.82, 2.24) is 9.78 Å². The molecular weight excluding hydrogens is 262 g/mol. The van der Waals surface area contributed by atoms with Gasteiger partial charge in [-0.15, -0.1) is 0 Å². The van der Waals surface area contributed by atoms with Crippen LogP contribution in [0.2, 0.25) is 5.02 Å². The second-order valence-electron chi connectivity index (χ2n) is 5.57. The largest absolute Gasteiger partial charge is 0.382 e. The van der Waals surface area contributed by atoms with E-state index in [-0.39, 0.29) is 10.6 Å². The second kappa shape index (κ2) is 6.42. The Labute approximate surface area is 119 Å². The Morgan fingerprint density at radius 3 is 2.95 bits per heavy atom. The third-order valence-corrected chi connectivity index (χ3v) is 4.17. The fourth-order valence-electron chi connectivity index (χ4n) is 2.72. The molecule has 1 aliphatic carbocycles. The van der Waals surface area contributed by atoms with E-state index >= 15 is 0 Å². The first kappa shape index (κ1) is 14.4. The normalized spacial score (nSPS) is 22.7. The molecule has 0 saturated heterocycles. The van der Waals surface area contributed by atoms with Gasteiger partial charge >= 0.3 is 0 Å². The molecule has 4 nitrogen and oxygen atoms in total. The van der Waals surface area contributed by atoms with Gasteiger partial charge in [-0.2, -0.15) is 5.10 Å². The molecule has 19 heavy (non-hydrogen) atoms. The van der Waals surface area contributed by atoms with Crippen molar-refractivity contribution < 1.29 is 0 Å². The molecular formula is C14H22ClN3O. The van der Waals surface area contributed by atoms with Crippen LogP contribution in [0.4, 0.5) is 5.69 Å². The molecule has 1 fully saturated rings. The summed E-state index contributed by atoms with van der Waals surface area (Å²) >= 11 is 6.11. The number of halogens is 1. The fourth-order valence-corrected chi connectivity index (χ4v) is 2.94. The molecule has 2 unspecified atom stereocenters. The lowest BCUT2D eigenvalue weighted by Crippen LogP contribution is -2.24. The van der Waals surface area contributed by atoms with E-state index in [1.54, 1.807) is 6.20 Å². The number of aryl methyl sites for hydroxylation is 1. The van der Waals surface area contributed by atoms with Gasteiger partial charge in [0.05, 0.1) is 11.9 Å². The van der Waals surface area contributed by atoms with E-state index in [0.717, 1.165) is 18.9 Å². The molecule has 5 heteroatoms. The monoisotopic (exact) mass is 283 g/mol. The summed E-state index contributed by atoms with van der Waals surface area (Å²) in [5, 5.41) is 7.68. The summed E-state index contributed by atoms with van der Waals surface area (Å²) in [6.45, 7) is 5.79. The van der Waals surface area contributed by atoms with Gasteiger partial charge in [0.25, 0.3) is 5.56 Å². The lowest BCUT2D eigenvalue weighted by atomic mass is 10.1. The number of nitrogens with one attached hydrogen (secondary N) is 1. The first-order chi connectivity index (χ1) is 9.11. The number of aromatic nitrogens is 2. The lowest BCUT2D eigenvalue weighted by Gasteiger charge is -2.13. The third-order valence-electron chi connectivity index (χ3n) is 3.80. The fraction of sp³-hybridized carbons (Fsp3) is 0.714. The standard InChI is InChI=1S/C14H22ClN3O/c1-3-6-18-14(19)13(15)12(9-17-18)16-8-11-5-4-10(2)7-11/h9-11,16H,3-8H2,1-2H3. The molecule has 2 rings (SSSR count). The van der Waals surface area contributed by atoms with E-state index < -0.39 is 0 Å². The Morgan fingerprint density at radius 1 is 1.53 bits per heavy atom. The molecule has 0 bridgehead atoms. The molecule has 1 aromatic rings. The number of nitrogens with zero attached hydrogens (tertiary/aromatic N) is 2. The Bertz CT molecular complexity index is 486. The van der Waals surface area contributed by atoms with Crippen LogP contribution in [0, 0.1) is 11.8 Å². The van der Waals surface area contributed by atoms with E-state index in [0.29, 0.717) is 18.2 Å². The van der Waals surface area contributed by atoms with Crippen molar-refractivity contribution in [3.05, 3.63) is 21.6 Å². The molecule has 0 amide bonds. The number of hydrogen-bond donors (Lipinski definition) is 1. The van der Waals surface area contributed by atoms with Crippen LogP contribution in [0.15, 0.2) is 11.0 Å². The van der Waals surface area contributed by atoms with E-state index in [4.69, 9.17) is 11.6 Å². The van der Waals surface area contributed by atoms with Crippen LogP contribution in [-0.4, -0.2) is 16.3 Å². The maximum Gasteiger partial charge on any atom is 0.287 e. The molecule has 106 valence electrons. The molecule has 1 aromatic heterocycles. The first-order valence-corrected chi connectivity index (χ1v) is 7.49. The summed E-state index contributed by atoms with van der Waals surface area (Å²) in [5.41, 5.74) is 0.465. The van der Waals surface area contributed by atoms with Crippen molar-refractivity contribution in [3.63, 3.8) is 0 Å². The van der Waals surface area contributed by atoms with Crippen LogP contribution in [0.1, 0.15) is 39.5 Å². The maximum atomic E-state index is 12.0. The topological polar surface area (TPSA) is 46.9 Å². The summed E-state index contributed by atoms with van der Waals surface area (Å²) in [6.07, 6.45) is 6.35. The zero-order valence-corrected chi connectivity index (χ0v) is 12.4. The van der Waals surface area contributed by atoms with Crippen LogP contribution >= 0.6 is 11.6 Å². The summed E-state index contributed by atoms with van der Waals surface area (Å²) in [7, 11) is 0. The molecule has 0 radical (unpaired) electrons. The summed E-state index contributed by atoms with van der Waals surface area (Å²) < 4.78 is 1.42. The van der Waals surface area contributed by atoms with Crippen molar-refractivity contribution in [2.24, 2.45) is 11.8 Å². The Balaban J connectivity index is 2.01. The molecule has 1 heterocycles. The minimum Gasteiger partial charge on any atom is -0.382 e. The van der Waals surface area contributed by atoms with Crippen molar-refractivity contribution in [1.29, 1.82) is 0 Å². The quantitative estimate of drug-likeness (QED) is 0.903. The van der Waals surface area contributed by atoms with E-state index in [2.05, 4.69) is 17.3 Å². The molecule has 1 N–H and O–H groups in total. The van der Waals surface area contributed by atoms with Crippen LogP contribution in [-0.2, 0) is 6.54 Å². The SMILES string of the molecule is CCCn1ncc(NCC2CCC(C)C2)c(Cl)c1=O. The highest BCUT2D eigenvalue weighted by Gasteiger charge is 2.21. The lowest BCUT2D eigenvalue weighted by molar-refractivity contribution is 0.536. The van der Waals surface area contributed by atoms with Gasteiger partial charge in [-0.25, -0.2) is 4.68 Å². The maximum absolute atomic E-state index is 12.0. The molecule has 1 saturated carbocycles. The molecule has 0 spiro atoms. The number of anilines is 1. The van der Waals surface area contributed by atoms with Crippen LogP contribution in [0.25, 0.3) is 0 Å². The average Bonchev–Trinajstić information content (AvgIpc) is 2.80. The van der Waals surface area contributed by atoms with Crippen LogP contribution < -0.4 is 10.9 Å². The molecule has 0 aromatic carbocycles. The number of rotatable bonds is 5. The first-order valence-electron chi connectivity index (χ1n) is 7.11. The highest BCUT2D eigenvalue weighted by molar-refractivity contribution is 6.32. The van der Waals surface area contributed by atoms with E-state index in [1.165, 1.54) is 23.9 Å². The van der Waals surface area contributed by atoms with Crippen LogP contribution in [0.3, 0.4) is 0 Å². The smallest absolute Gasteiger partial charge is 0.287 e. The minimum absolute atomic E-state index is 0.201. The Kier molecular flexibility index (Phi) is 4.86. The van der Waals surface area contributed by atoms with Crippen molar-refractivity contribution in [2.75, 3.05) is 11.9 Å². The van der Waals surface area contributed by atoms with E-state index in [1.807, 2.05) is 6.92 Å². The van der Waals surface area contributed by atoms with Gasteiger partial charge in [0.1, 0.15) is 5.02 Å². The zero-order chi connectivity index (χ0) is 13.8. The van der Waals surface area contributed by atoms with Gasteiger partial charge in [-0.1, -0.05) is 31.9 Å². The van der Waals surface area contributed by atoms with Crippen LogP contribution in [0.5, 0.6) is 0 Å². The zero-order valence-electron chi connectivity index (χ0n) is 11.7. The molecule has 1 aliphatic rings. The summed E-state index contributed by atoms with van der Waals surface area (Å²) in [5.74, 6) is 1.50. The van der Waals surface area contributed by atoms with Gasteiger partial charge in [-0.05, 0) is 31.1 Å². The summed E-state index contributed by atoms with van der Waals surface area (Å²) in [4.78, 5) is 12.0. The van der Waals surface area contributed by atoms with Gasteiger partial charge in [0.15, 0.2) is 0 Å². The van der Waals surface area contributed by atoms with Crippen molar-refractivity contribution in [3.8, 4) is 0 Å². The van der Waals surface area contributed by atoms with Crippen molar-refractivity contribution >= 4 is 17.3 Å². The average molecular weight is 284 g/mol. The predicted octanol–water partition coefficient (Wildman–Crippen LogP) is 3.15. The number of hydrogen-bond acceptors (Lipinski definition) is 3. The van der Waals surface area contributed by atoms with Crippen molar-refractivity contribution in [2.45, 2.75) is 46.1 Å². The second-order valence-corrected chi connectivity index (χ2v) is 5.94. The highest BCUT2D eigenvalue weighted by Crippen LogP contribution is 2.30. The predicted molar refractivity (Wildman–Crippen MR) is 78.8 cm³/mol. The Morgan fingerprint density at radius 2 is 2.32 bits per heavy atom. The third kappa shape index (κ3) is 3.50. The minimum atomic E-state index is -0.201.